The van der Waals surface area contributed by atoms with Gasteiger partial charge in [-0.1, -0.05) is 90.5 Å². The summed E-state index contributed by atoms with van der Waals surface area (Å²) >= 11 is 0. The summed E-state index contributed by atoms with van der Waals surface area (Å²) in [5.74, 6) is 0.767. The molecule has 0 N–H and O–H groups in total. The van der Waals surface area contributed by atoms with Gasteiger partial charge in [0.05, 0.1) is 11.6 Å². The van der Waals surface area contributed by atoms with Crippen LogP contribution in [-0.4, -0.2) is 41.9 Å². The lowest BCUT2D eigenvalue weighted by molar-refractivity contribution is 0.0596. The highest BCUT2D eigenvalue weighted by Crippen LogP contribution is 2.29. The van der Waals surface area contributed by atoms with Crippen LogP contribution in [0.2, 0.25) is 0 Å². The molecule has 4 rings (SSSR count). The van der Waals surface area contributed by atoms with E-state index in [1.54, 1.807) is 6.26 Å². The summed E-state index contributed by atoms with van der Waals surface area (Å²) in [7, 11) is 0. The highest BCUT2D eigenvalue weighted by Gasteiger charge is 2.29. The van der Waals surface area contributed by atoms with E-state index in [4.69, 9.17) is 4.42 Å². The Labute approximate surface area is 215 Å². The zero-order valence-corrected chi connectivity index (χ0v) is 21.4. The number of amides is 1. The van der Waals surface area contributed by atoms with E-state index in [9.17, 15) is 4.79 Å². The maximum Gasteiger partial charge on any atom is 0.257 e. The first-order valence-corrected chi connectivity index (χ1v) is 12.7. The second-order valence-corrected chi connectivity index (χ2v) is 9.47. The normalized spacial score (nSPS) is 15.4. The minimum atomic E-state index is 0.0382. The van der Waals surface area contributed by atoms with E-state index in [1.807, 2.05) is 23.1 Å². The summed E-state index contributed by atoms with van der Waals surface area (Å²) in [4.78, 5) is 17.6. The third kappa shape index (κ3) is 6.52. The SMILES string of the molecule is C=C/C(C)=C\CC/C(C)=C/c1cc(C(=O)N2CCN(C(c3ccccc3)c3ccccc3)CC2)co1. The Kier molecular flexibility index (Phi) is 8.75. The van der Waals surface area contributed by atoms with E-state index in [1.165, 1.54) is 22.3 Å². The molecule has 1 aliphatic rings. The van der Waals surface area contributed by atoms with Crippen LogP contribution in [0.1, 0.15) is 60.0 Å². The Morgan fingerprint density at radius 2 is 1.58 bits per heavy atom. The van der Waals surface area contributed by atoms with Crippen LogP contribution in [0.3, 0.4) is 0 Å². The quantitative estimate of drug-likeness (QED) is 0.305. The van der Waals surface area contributed by atoms with Crippen molar-refractivity contribution in [3.05, 3.63) is 125 Å². The van der Waals surface area contributed by atoms with E-state index < -0.39 is 0 Å². The summed E-state index contributed by atoms with van der Waals surface area (Å²) in [6.45, 7) is 11.0. The van der Waals surface area contributed by atoms with Gasteiger partial charge in [0.25, 0.3) is 5.91 Å². The molecule has 1 aromatic heterocycles. The molecule has 1 aliphatic heterocycles. The molecule has 3 aromatic rings. The van der Waals surface area contributed by atoms with Crippen LogP contribution >= 0.6 is 0 Å². The van der Waals surface area contributed by atoms with Crippen molar-refractivity contribution in [1.82, 2.24) is 9.80 Å². The molecular weight excluding hydrogens is 444 g/mol. The van der Waals surface area contributed by atoms with Crippen molar-refractivity contribution in [2.45, 2.75) is 32.7 Å². The average Bonchev–Trinajstić information content (AvgIpc) is 3.38. The van der Waals surface area contributed by atoms with Crippen molar-refractivity contribution in [2.24, 2.45) is 0 Å². The first kappa shape index (κ1) is 25.5. The topological polar surface area (TPSA) is 36.7 Å². The van der Waals surface area contributed by atoms with Gasteiger partial charge in [-0.05, 0) is 50.0 Å². The van der Waals surface area contributed by atoms with E-state index in [2.05, 4.69) is 92.1 Å². The largest absolute Gasteiger partial charge is 0.464 e. The van der Waals surface area contributed by atoms with Crippen LogP contribution in [0.15, 0.2) is 107 Å². The van der Waals surface area contributed by atoms with Gasteiger partial charge in [-0.15, -0.1) is 0 Å². The minimum Gasteiger partial charge on any atom is -0.464 e. The van der Waals surface area contributed by atoms with E-state index in [0.29, 0.717) is 18.7 Å². The zero-order valence-electron chi connectivity index (χ0n) is 21.4. The van der Waals surface area contributed by atoms with Gasteiger partial charge in [-0.3, -0.25) is 9.69 Å². The average molecular weight is 481 g/mol. The number of nitrogens with zero attached hydrogens (tertiary/aromatic N) is 2. The van der Waals surface area contributed by atoms with Crippen molar-refractivity contribution in [3.63, 3.8) is 0 Å². The molecule has 1 saturated heterocycles. The Bertz CT molecular complexity index is 1160. The molecule has 0 spiro atoms. The van der Waals surface area contributed by atoms with Crippen LogP contribution in [-0.2, 0) is 0 Å². The summed E-state index contributed by atoms with van der Waals surface area (Å²) in [5, 5.41) is 0. The van der Waals surface area contributed by atoms with Crippen LogP contribution < -0.4 is 0 Å². The van der Waals surface area contributed by atoms with Gasteiger partial charge in [0.15, 0.2) is 0 Å². The number of allylic oxidation sites excluding steroid dienone is 4. The van der Waals surface area contributed by atoms with Crippen molar-refractivity contribution in [1.29, 1.82) is 0 Å². The second-order valence-electron chi connectivity index (χ2n) is 9.47. The highest BCUT2D eigenvalue weighted by atomic mass is 16.3. The highest BCUT2D eigenvalue weighted by molar-refractivity contribution is 5.94. The number of hydrogen-bond donors (Lipinski definition) is 0. The van der Waals surface area contributed by atoms with Crippen molar-refractivity contribution in [2.75, 3.05) is 26.2 Å². The van der Waals surface area contributed by atoms with Crippen molar-refractivity contribution < 1.29 is 9.21 Å². The van der Waals surface area contributed by atoms with Crippen LogP contribution in [0.25, 0.3) is 6.08 Å². The maximum atomic E-state index is 13.2. The van der Waals surface area contributed by atoms with Gasteiger partial charge in [0, 0.05) is 26.2 Å². The molecule has 0 atom stereocenters. The summed E-state index contributed by atoms with van der Waals surface area (Å²) in [6, 6.07) is 23.3. The fourth-order valence-corrected chi connectivity index (χ4v) is 4.72. The van der Waals surface area contributed by atoms with Crippen molar-refractivity contribution in [3.8, 4) is 0 Å². The van der Waals surface area contributed by atoms with E-state index >= 15 is 0 Å². The summed E-state index contributed by atoms with van der Waals surface area (Å²) in [5.41, 5.74) is 5.58. The van der Waals surface area contributed by atoms with Gasteiger partial charge >= 0.3 is 0 Å². The Balaban J connectivity index is 1.38. The minimum absolute atomic E-state index is 0.0382. The van der Waals surface area contributed by atoms with Crippen LogP contribution in [0, 0.1) is 0 Å². The summed E-state index contributed by atoms with van der Waals surface area (Å²) < 4.78 is 5.70. The van der Waals surface area contributed by atoms with Gasteiger partial charge in [0.1, 0.15) is 12.0 Å². The molecule has 4 heteroatoms. The van der Waals surface area contributed by atoms with E-state index in [0.717, 1.165) is 31.7 Å². The number of benzene rings is 2. The first-order valence-electron chi connectivity index (χ1n) is 12.7. The molecule has 1 amide bonds. The monoisotopic (exact) mass is 480 g/mol. The van der Waals surface area contributed by atoms with Crippen molar-refractivity contribution >= 4 is 12.0 Å². The Hall–Kier alpha value is -3.63. The third-order valence-corrected chi connectivity index (χ3v) is 6.78. The number of carbonyl (C=O) groups excluding carboxylic acids is 1. The predicted molar refractivity (Wildman–Crippen MR) is 148 cm³/mol. The number of piperazine rings is 1. The molecule has 2 heterocycles. The second kappa shape index (κ2) is 12.4. The fraction of sp³-hybridized carbons (Fsp3) is 0.281. The molecule has 4 nitrogen and oxygen atoms in total. The lowest BCUT2D eigenvalue weighted by atomic mass is 9.96. The fourth-order valence-electron chi connectivity index (χ4n) is 4.72. The molecule has 0 radical (unpaired) electrons. The maximum absolute atomic E-state index is 13.2. The molecule has 0 saturated carbocycles. The standard InChI is InChI=1S/C32H36N2O2/c1-4-25(2)12-11-13-26(3)22-30-23-29(24-36-30)32(35)34-20-18-33(19-21-34)31(27-14-7-5-8-15-27)28-16-9-6-10-17-28/h4-10,12,14-17,22-24,31H,1,11,13,18-21H2,2-3H3/b25-12-,26-22+. The number of furan rings is 1. The van der Waals surface area contributed by atoms with Crippen LogP contribution in [0.5, 0.6) is 0 Å². The van der Waals surface area contributed by atoms with Gasteiger partial charge in [-0.2, -0.15) is 0 Å². The van der Waals surface area contributed by atoms with Gasteiger partial charge in [-0.25, -0.2) is 0 Å². The Morgan fingerprint density at radius 1 is 0.972 bits per heavy atom. The number of hydrogen-bond acceptors (Lipinski definition) is 3. The molecule has 0 unspecified atom stereocenters. The molecule has 2 aromatic carbocycles. The molecule has 186 valence electrons. The molecule has 1 fully saturated rings. The van der Waals surface area contributed by atoms with Crippen LogP contribution in [0.4, 0.5) is 0 Å². The smallest absolute Gasteiger partial charge is 0.257 e. The van der Waals surface area contributed by atoms with Gasteiger partial charge in [0.2, 0.25) is 0 Å². The molecule has 0 bridgehead atoms. The lowest BCUT2D eigenvalue weighted by Crippen LogP contribution is -2.49. The predicted octanol–water partition coefficient (Wildman–Crippen LogP) is 7.14. The summed E-state index contributed by atoms with van der Waals surface area (Å²) in [6.07, 6.45) is 9.57. The zero-order chi connectivity index (χ0) is 25.3. The number of carbonyl (C=O) groups is 1. The Morgan fingerprint density at radius 3 is 2.17 bits per heavy atom. The molecular formula is C32H36N2O2. The third-order valence-electron chi connectivity index (χ3n) is 6.78. The lowest BCUT2D eigenvalue weighted by Gasteiger charge is -2.39. The van der Waals surface area contributed by atoms with E-state index in [-0.39, 0.29) is 11.9 Å². The van der Waals surface area contributed by atoms with Gasteiger partial charge < -0.3 is 9.32 Å². The molecule has 36 heavy (non-hydrogen) atoms. The number of rotatable bonds is 9. The first-order chi connectivity index (χ1) is 17.5. The molecule has 0 aliphatic carbocycles.